The number of aliphatic imine (C=N–C) groups is 1. The number of nitrogens with zero attached hydrogens (tertiary/aromatic N) is 8. The van der Waals surface area contributed by atoms with Gasteiger partial charge in [0.1, 0.15) is 24.4 Å². The SMILES string of the molecule is CCS(=O)c1cnc(CN=C(C=O)Nc2c(C)nc(-c3c(C)ncnc3C3CC3)nc2N(C)[C@@H](C)C2CC2)nc1. The molecule has 2 saturated carbocycles. The number of carbonyl (C=O) groups excluding carboxylic acids is 1. The number of aldehydes is 1. The Labute approximate surface area is 236 Å². The summed E-state index contributed by atoms with van der Waals surface area (Å²) in [6, 6.07) is 0.260. The number of amidine groups is 1. The van der Waals surface area contributed by atoms with E-state index >= 15 is 0 Å². The normalized spacial score (nSPS) is 16.9. The minimum absolute atomic E-state index is 0.0903. The van der Waals surface area contributed by atoms with Crippen LogP contribution in [0.4, 0.5) is 11.5 Å². The lowest BCUT2D eigenvalue weighted by Gasteiger charge is -2.29. The summed E-state index contributed by atoms with van der Waals surface area (Å²) >= 11 is 0. The average molecular weight is 562 g/mol. The van der Waals surface area contributed by atoms with Crippen molar-refractivity contribution in [1.29, 1.82) is 0 Å². The lowest BCUT2D eigenvalue weighted by Crippen LogP contribution is -2.33. The molecule has 2 aliphatic carbocycles. The number of hydrogen-bond acceptors (Lipinski definition) is 10. The molecule has 0 bridgehead atoms. The minimum Gasteiger partial charge on any atom is -0.355 e. The molecule has 0 amide bonds. The summed E-state index contributed by atoms with van der Waals surface area (Å²) in [5.74, 6) is 3.34. The smallest absolute Gasteiger partial charge is 0.185 e. The Kier molecular flexibility index (Phi) is 8.24. The molecule has 2 aliphatic rings. The topological polar surface area (TPSA) is 139 Å². The molecule has 0 aliphatic heterocycles. The van der Waals surface area contributed by atoms with Gasteiger partial charge in [0.25, 0.3) is 0 Å². The number of aryl methyl sites for hydroxylation is 2. The number of hydrogen-bond donors (Lipinski definition) is 1. The van der Waals surface area contributed by atoms with Crippen LogP contribution in [0.25, 0.3) is 11.4 Å². The van der Waals surface area contributed by atoms with E-state index in [0.717, 1.165) is 29.8 Å². The molecule has 11 nitrogen and oxygen atoms in total. The Balaban J connectivity index is 1.49. The van der Waals surface area contributed by atoms with E-state index in [1.54, 1.807) is 18.7 Å². The van der Waals surface area contributed by atoms with Gasteiger partial charge in [-0.1, -0.05) is 6.92 Å². The zero-order valence-electron chi connectivity index (χ0n) is 23.6. The Bertz CT molecular complexity index is 1450. The number of carbonyl (C=O) groups is 1. The second-order valence-corrected chi connectivity index (χ2v) is 12.2. The molecule has 3 heterocycles. The Morgan fingerprint density at radius 3 is 2.48 bits per heavy atom. The maximum absolute atomic E-state index is 12.1. The van der Waals surface area contributed by atoms with Gasteiger partial charge in [-0.05, 0) is 52.4 Å². The maximum atomic E-state index is 12.1. The first-order chi connectivity index (χ1) is 19.3. The van der Waals surface area contributed by atoms with Crippen molar-refractivity contribution in [2.75, 3.05) is 23.0 Å². The van der Waals surface area contributed by atoms with Gasteiger partial charge in [-0.3, -0.25) is 14.0 Å². The summed E-state index contributed by atoms with van der Waals surface area (Å²) in [6.45, 7) is 8.00. The first-order valence-corrected chi connectivity index (χ1v) is 15.0. The van der Waals surface area contributed by atoms with Gasteiger partial charge in [0.15, 0.2) is 23.8 Å². The van der Waals surface area contributed by atoms with E-state index in [2.05, 4.69) is 42.1 Å². The summed E-state index contributed by atoms with van der Waals surface area (Å²) in [4.78, 5) is 46.7. The molecule has 1 unspecified atom stereocenters. The second kappa shape index (κ2) is 11.8. The maximum Gasteiger partial charge on any atom is 0.185 e. The highest BCUT2D eigenvalue weighted by molar-refractivity contribution is 7.85. The van der Waals surface area contributed by atoms with Crippen LogP contribution in [0.5, 0.6) is 0 Å². The van der Waals surface area contributed by atoms with Crippen LogP contribution in [0.1, 0.15) is 68.4 Å². The largest absolute Gasteiger partial charge is 0.355 e. The molecule has 1 N–H and O–H groups in total. The van der Waals surface area contributed by atoms with Crippen molar-refractivity contribution in [3.05, 3.63) is 41.6 Å². The van der Waals surface area contributed by atoms with E-state index < -0.39 is 10.8 Å². The third-order valence-electron chi connectivity index (χ3n) is 7.54. The molecule has 210 valence electrons. The second-order valence-electron chi connectivity index (χ2n) is 10.4. The third kappa shape index (κ3) is 6.06. The quantitative estimate of drug-likeness (QED) is 0.209. The molecule has 0 spiro atoms. The summed E-state index contributed by atoms with van der Waals surface area (Å²) in [7, 11) is 0.904. The highest BCUT2D eigenvalue weighted by Gasteiger charge is 2.34. The zero-order valence-corrected chi connectivity index (χ0v) is 24.4. The van der Waals surface area contributed by atoms with Crippen molar-refractivity contribution in [1.82, 2.24) is 29.9 Å². The number of anilines is 2. The van der Waals surface area contributed by atoms with Crippen molar-refractivity contribution in [2.24, 2.45) is 10.9 Å². The van der Waals surface area contributed by atoms with Crippen molar-refractivity contribution in [3.63, 3.8) is 0 Å². The third-order valence-corrected chi connectivity index (χ3v) is 8.80. The molecule has 2 atom stereocenters. The van der Waals surface area contributed by atoms with Crippen LogP contribution in [0, 0.1) is 19.8 Å². The van der Waals surface area contributed by atoms with Crippen LogP contribution >= 0.6 is 0 Å². The van der Waals surface area contributed by atoms with E-state index in [0.29, 0.717) is 57.6 Å². The van der Waals surface area contributed by atoms with Crippen molar-refractivity contribution >= 4 is 34.4 Å². The fourth-order valence-corrected chi connectivity index (χ4v) is 5.37. The van der Waals surface area contributed by atoms with E-state index in [-0.39, 0.29) is 18.4 Å². The van der Waals surface area contributed by atoms with E-state index in [9.17, 15) is 9.00 Å². The van der Waals surface area contributed by atoms with Gasteiger partial charge >= 0.3 is 0 Å². The van der Waals surface area contributed by atoms with Gasteiger partial charge in [-0.15, -0.1) is 0 Å². The molecule has 40 heavy (non-hydrogen) atoms. The monoisotopic (exact) mass is 561 g/mol. The van der Waals surface area contributed by atoms with Crippen LogP contribution in [0.15, 0.2) is 28.6 Å². The van der Waals surface area contributed by atoms with Crippen molar-refractivity contribution < 1.29 is 9.00 Å². The molecule has 0 saturated heterocycles. The first kappa shape index (κ1) is 27.9. The molecule has 2 fully saturated rings. The molecule has 0 aromatic carbocycles. The molecule has 3 aromatic heterocycles. The Hall–Kier alpha value is -3.67. The summed E-state index contributed by atoms with van der Waals surface area (Å²) in [5, 5.41) is 3.19. The summed E-state index contributed by atoms with van der Waals surface area (Å²) in [6.07, 6.45) is 9.96. The van der Waals surface area contributed by atoms with E-state index in [4.69, 9.17) is 9.97 Å². The van der Waals surface area contributed by atoms with Gasteiger partial charge < -0.3 is 10.2 Å². The van der Waals surface area contributed by atoms with Crippen LogP contribution in [-0.4, -0.2) is 65.1 Å². The first-order valence-electron chi connectivity index (χ1n) is 13.7. The van der Waals surface area contributed by atoms with Gasteiger partial charge in [0.05, 0.1) is 38.3 Å². The average Bonchev–Trinajstić information content (AvgIpc) is 3.88. The molecule has 3 aromatic rings. The molecule has 5 rings (SSSR count). The van der Waals surface area contributed by atoms with Crippen LogP contribution in [-0.2, 0) is 22.1 Å². The fraction of sp³-hybridized carbons (Fsp3) is 0.500. The molecular weight excluding hydrogens is 526 g/mol. The molecule has 0 radical (unpaired) electrons. The van der Waals surface area contributed by atoms with Crippen LogP contribution < -0.4 is 10.2 Å². The lowest BCUT2D eigenvalue weighted by atomic mass is 10.1. The van der Waals surface area contributed by atoms with Crippen LogP contribution in [0.2, 0.25) is 0 Å². The minimum atomic E-state index is -1.13. The Morgan fingerprint density at radius 1 is 1.12 bits per heavy atom. The molecular formula is C28H35N9O2S. The fourth-order valence-electron chi connectivity index (χ4n) is 4.69. The Morgan fingerprint density at radius 2 is 1.85 bits per heavy atom. The summed E-state index contributed by atoms with van der Waals surface area (Å²) in [5.41, 5.74) is 4.06. The van der Waals surface area contributed by atoms with Gasteiger partial charge in [0, 0.05) is 37.2 Å². The van der Waals surface area contributed by atoms with E-state index in [1.807, 2.05) is 27.8 Å². The van der Waals surface area contributed by atoms with E-state index in [1.165, 1.54) is 12.8 Å². The van der Waals surface area contributed by atoms with Crippen LogP contribution in [0.3, 0.4) is 0 Å². The number of aromatic nitrogens is 6. The van der Waals surface area contributed by atoms with Crippen molar-refractivity contribution in [3.8, 4) is 11.4 Å². The lowest BCUT2D eigenvalue weighted by molar-refractivity contribution is -0.102. The number of rotatable bonds is 11. The van der Waals surface area contributed by atoms with Crippen molar-refractivity contribution in [2.45, 2.75) is 76.8 Å². The zero-order chi connectivity index (χ0) is 28.4. The predicted molar refractivity (Wildman–Crippen MR) is 155 cm³/mol. The summed E-state index contributed by atoms with van der Waals surface area (Å²) < 4.78 is 12.0. The standard InChI is InChI=1S/C28H35N9O2S/c1-6-40(39)21-11-29-22(30-12-21)13-31-23(14-38)35-25-17(3)34-27(36-28(25)37(5)18(4)19-7-8-19)24-16(2)32-15-33-26(24)20-9-10-20/h11-12,14-15,18-20H,6-10,13H2,1-5H3,(H,31,35)/t18-,40?/m0/s1. The van der Waals surface area contributed by atoms with Gasteiger partial charge in [-0.2, -0.15) is 0 Å². The predicted octanol–water partition coefficient (Wildman–Crippen LogP) is 3.79. The highest BCUT2D eigenvalue weighted by atomic mass is 32.2. The van der Waals surface area contributed by atoms with Gasteiger partial charge in [0.2, 0.25) is 0 Å². The highest BCUT2D eigenvalue weighted by Crippen LogP contribution is 2.44. The van der Waals surface area contributed by atoms with Gasteiger partial charge in [-0.25, -0.2) is 29.9 Å². The number of nitrogens with one attached hydrogen (secondary N) is 1. The molecule has 12 heteroatoms.